The van der Waals surface area contributed by atoms with Gasteiger partial charge < -0.3 is 4.90 Å². The zero-order valence-electron chi connectivity index (χ0n) is 15.6. The fourth-order valence-electron chi connectivity index (χ4n) is 4.23. The minimum absolute atomic E-state index is 0.284. The Hall–Kier alpha value is -2.29. The van der Waals surface area contributed by atoms with Crippen LogP contribution in [0.3, 0.4) is 0 Å². The van der Waals surface area contributed by atoms with E-state index in [0.29, 0.717) is 18.0 Å². The molecule has 2 unspecified atom stereocenters. The molecule has 0 aliphatic carbocycles. The Morgan fingerprint density at radius 2 is 1.56 bits per heavy atom. The van der Waals surface area contributed by atoms with Crippen LogP contribution in [0.2, 0.25) is 0 Å². The van der Waals surface area contributed by atoms with Crippen LogP contribution in [-0.2, 0) is 6.54 Å². The van der Waals surface area contributed by atoms with Crippen molar-refractivity contribution in [3.8, 4) is 0 Å². The number of benzene rings is 2. The SMILES string of the molecule is CC(C)N1Cc2ccccc2C2C(C=NN2C(C)C)c2ccccc21. The first-order valence-corrected chi connectivity index (χ1v) is 9.33. The predicted octanol–water partition coefficient (Wildman–Crippen LogP) is 4.95. The number of hydrogen-bond donors (Lipinski definition) is 0. The van der Waals surface area contributed by atoms with Crippen molar-refractivity contribution in [2.45, 2.75) is 58.3 Å². The number of hydrogen-bond acceptors (Lipinski definition) is 3. The summed E-state index contributed by atoms with van der Waals surface area (Å²) in [4.78, 5) is 2.52. The van der Waals surface area contributed by atoms with Crippen LogP contribution >= 0.6 is 0 Å². The molecule has 0 saturated heterocycles. The highest BCUT2D eigenvalue weighted by Crippen LogP contribution is 2.46. The summed E-state index contributed by atoms with van der Waals surface area (Å²) in [6.45, 7) is 9.96. The van der Waals surface area contributed by atoms with Crippen LogP contribution in [0.25, 0.3) is 0 Å². The number of nitrogens with zero attached hydrogens (tertiary/aromatic N) is 3. The molecule has 2 aromatic rings. The van der Waals surface area contributed by atoms with E-state index in [9.17, 15) is 0 Å². The molecule has 2 heterocycles. The molecule has 0 spiro atoms. The van der Waals surface area contributed by atoms with Crippen molar-refractivity contribution in [1.29, 1.82) is 0 Å². The molecule has 0 N–H and O–H groups in total. The molecule has 2 atom stereocenters. The van der Waals surface area contributed by atoms with Gasteiger partial charge in [-0.2, -0.15) is 5.10 Å². The molecule has 0 aromatic heterocycles. The lowest BCUT2D eigenvalue weighted by atomic mass is 9.83. The summed E-state index contributed by atoms with van der Waals surface area (Å²) in [7, 11) is 0. The van der Waals surface area contributed by atoms with Crippen LogP contribution in [0.15, 0.2) is 53.6 Å². The number of rotatable bonds is 2. The first kappa shape index (κ1) is 16.2. The van der Waals surface area contributed by atoms with Gasteiger partial charge in [0.2, 0.25) is 0 Å². The molecular formula is C22H27N3. The number of anilines is 1. The van der Waals surface area contributed by atoms with E-state index in [1.54, 1.807) is 0 Å². The Balaban J connectivity index is 1.93. The van der Waals surface area contributed by atoms with Gasteiger partial charge in [0.25, 0.3) is 0 Å². The summed E-state index contributed by atoms with van der Waals surface area (Å²) >= 11 is 0. The average molecular weight is 333 g/mol. The first-order chi connectivity index (χ1) is 12.1. The Labute approximate surface area is 151 Å². The molecule has 130 valence electrons. The van der Waals surface area contributed by atoms with Gasteiger partial charge in [0.15, 0.2) is 0 Å². The third kappa shape index (κ3) is 2.62. The maximum Gasteiger partial charge on any atom is 0.0845 e. The molecule has 0 bridgehead atoms. The van der Waals surface area contributed by atoms with E-state index in [2.05, 4.69) is 92.3 Å². The molecule has 25 heavy (non-hydrogen) atoms. The van der Waals surface area contributed by atoms with Crippen LogP contribution in [-0.4, -0.2) is 23.3 Å². The van der Waals surface area contributed by atoms with Crippen LogP contribution in [0.1, 0.15) is 56.3 Å². The highest BCUT2D eigenvalue weighted by Gasteiger charge is 2.39. The smallest absolute Gasteiger partial charge is 0.0845 e. The number of para-hydroxylation sites is 1. The van der Waals surface area contributed by atoms with E-state index in [0.717, 1.165) is 6.54 Å². The van der Waals surface area contributed by atoms with E-state index in [1.165, 1.54) is 22.4 Å². The zero-order chi connectivity index (χ0) is 17.6. The maximum absolute atomic E-state index is 4.82. The highest BCUT2D eigenvalue weighted by atomic mass is 15.5. The van der Waals surface area contributed by atoms with E-state index in [4.69, 9.17) is 5.10 Å². The molecule has 3 nitrogen and oxygen atoms in total. The predicted molar refractivity (Wildman–Crippen MR) is 105 cm³/mol. The lowest BCUT2D eigenvalue weighted by molar-refractivity contribution is 0.173. The fraction of sp³-hybridized carbons (Fsp3) is 0.409. The summed E-state index contributed by atoms with van der Waals surface area (Å²) in [5.41, 5.74) is 5.57. The number of hydrazone groups is 1. The molecule has 2 aliphatic heterocycles. The van der Waals surface area contributed by atoms with Crippen LogP contribution in [0.5, 0.6) is 0 Å². The molecule has 0 fully saturated rings. The summed E-state index contributed by atoms with van der Waals surface area (Å²) in [6, 6.07) is 18.9. The molecule has 2 aliphatic rings. The van der Waals surface area contributed by atoms with Gasteiger partial charge in [-0.25, -0.2) is 0 Å². The minimum Gasteiger partial charge on any atom is -0.365 e. The lowest BCUT2D eigenvalue weighted by Crippen LogP contribution is -2.36. The lowest BCUT2D eigenvalue weighted by Gasteiger charge is -2.39. The first-order valence-electron chi connectivity index (χ1n) is 9.33. The average Bonchev–Trinajstić information content (AvgIpc) is 3.03. The van der Waals surface area contributed by atoms with Gasteiger partial charge in [0.05, 0.1) is 6.04 Å². The summed E-state index contributed by atoms with van der Waals surface area (Å²) in [6.07, 6.45) is 2.16. The van der Waals surface area contributed by atoms with Crippen molar-refractivity contribution >= 4 is 11.9 Å². The number of fused-ring (bicyclic) bond motifs is 5. The molecular weight excluding hydrogens is 306 g/mol. The van der Waals surface area contributed by atoms with E-state index in [1.807, 2.05) is 0 Å². The Morgan fingerprint density at radius 3 is 2.28 bits per heavy atom. The van der Waals surface area contributed by atoms with Gasteiger partial charge in [-0.15, -0.1) is 0 Å². The van der Waals surface area contributed by atoms with Crippen molar-refractivity contribution < 1.29 is 0 Å². The minimum atomic E-state index is 0.284. The summed E-state index contributed by atoms with van der Waals surface area (Å²) < 4.78 is 0. The fourth-order valence-corrected chi connectivity index (χ4v) is 4.23. The highest BCUT2D eigenvalue weighted by molar-refractivity contribution is 5.77. The second-order valence-corrected chi connectivity index (χ2v) is 7.69. The molecule has 0 saturated carbocycles. The van der Waals surface area contributed by atoms with Gasteiger partial charge in [-0.1, -0.05) is 42.5 Å². The Bertz CT molecular complexity index is 793. The van der Waals surface area contributed by atoms with Gasteiger partial charge in [-0.3, -0.25) is 5.01 Å². The van der Waals surface area contributed by atoms with Crippen molar-refractivity contribution in [3.05, 3.63) is 65.2 Å². The Morgan fingerprint density at radius 1 is 0.880 bits per heavy atom. The topological polar surface area (TPSA) is 18.8 Å². The summed E-state index contributed by atoms with van der Waals surface area (Å²) in [5, 5.41) is 7.10. The molecule has 4 rings (SSSR count). The molecule has 0 amide bonds. The molecule has 0 radical (unpaired) electrons. The largest absolute Gasteiger partial charge is 0.365 e. The van der Waals surface area contributed by atoms with Crippen molar-refractivity contribution in [1.82, 2.24) is 5.01 Å². The monoisotopic (exact) mass is 333 g/mol. The third-order valence-electron chi connectivity index (χ3n) is 5.46. The molecule has 3 heteroatoms. The van der Waals surface area contributed by atoms with E-state index >= 15 is 0 Å². The second-order valence-electron chi connectivity index (χ2n) is 7.69. The second kappa shape index (κ2) is 6.21. The third-order valence-corrected chi connectivity index (χ3v) is 5.46. The van der Waals surface area contributed by atoms with E-state index < -0.39 is 0 Å². The Kier molecular flexibility index (Phi) is 4.03. The maximum atomic E-state index is 4.82. The van der Waals surface area contributed by atoms with Crippen LogP contribution in [0.4, 0.5) is 5.69 Å². The van der Waals surface area contributed by atoms with Crippen LogP contribution < -0.4 is 4.90 Å². The van der Waals surface area contributed by atoms with Crippen molar-refractivity contribution in [3.63, 3.8) is 0 Å². The van der Waals surface area contributed by atoms with Gasteiger partial charge in [-0.05, 0) is 50.5 Å². The van der Waals surface area contributed by atoms with Crippen molar-refractivity contribution in [2.75, 3.05) is 4.90 Å². The van der Waals surface area contributed by atoms with Gasteiger partial charge in [0.1, 0.15) is 0 Å². The standard InChI is InChI=1S/C22H27N3/c1-15(2)24-14-17-9-5-6-10-18(17)22-20(13-23-25(22)16(3)4)19-11-7-8-12-21(19)24/h5-13,15-16,20,22H,14H2,1-4H3. The normalized spacial score (nSPS) is 21.8. The molecule has 2 aromatic carbocycles. The quantitative estimate of drug-likeness (QED) is 0.774. The van der Waals surface area contributed by atoms with E-state index in [-0.39, 0.29) is 6.04 Å². The zero-order valence-corrected chi connectivity index (χ0v) is 15.6. The summed E-state index contributed by atoms with van der Waals surface area (Å²) in [5.74, 6) is 0.293. The van der Waals surface area contributed by atoms with Gasteiger partial charge in [0, 0.05) is 36.4 Å². The van der Waals surface area contributed by atoms with Gasteiger partial charge >= 0.3 is 0 Å². The van der Waals surface area contributed by atoms with Crippen LogP contribution in [0, 0.1) is 0 Å². The van der Waals surface area contributed by atoms with Crippen molar-refractivity contribution in [2.24, 2.45) is 5.10 Å².